The lowest BCUT2D eigenvalue weighted by molar-refractivity contribution is -0.122. The number of carbonyl (C=O) groups is 2. The van der Waals surface area contributed by atoms with Gasteiger partial charge in [0.1, 0.15) is 5.75 Å². The van der Waals surface area contributed by atoms with Crippen LogP contribution in [0.15, 0.2) is 30.4 Å². The zero-order valence-electron chi connectivity index (χ0n) is 10.7. The Balaban J connectivity index is 1.99. The normalized spacial score (nSPS) is 25.8. The zero-order valence-corrected chi connectivity index (χ0v) is 10.7. The predicted molar refractivity (Wildman–Crippen MR) is 70.7 cm³/mol. The van der Waals surface area contributed by atoms with Crippen molar-refractivity contribution in [3.05, 3.63) is 35.9 Å². The van der Waals surface area contributed by atoms with E-state index in [1.807, 2.05) is 12.2 Å². The topological polar surface area (TPSA) is 57.6 Å². The summed E-state index contributed by atoms with van der Waals surface area (Å²) >= 11 is 0. The number of imide groups is 1. The van der Waals surface area contributed by atoms with Gasteiger partial charge in [-0.15, -0.1) is 0 Å². The molecular formula is C15H15NO3. The van der Waals surface area contributed by atoms with Gasteiger partial charge in [0.05, 0.1) is 17.5 Å². The highest BCUT2D eigenvalue weighted by Crippen LogP contribution is 2.38. The summed E-state index contributed by atoms with van der Waals surface area (Å²) in [6.07, 6.45) is 5.18. The molecule has 2 amide bonds. The van der Waals surface area contributed by atoms with Crippen molar-refractivity contribution < 1.29 is 14.7 Å². The second-order valence-corrected chi connectivity index (χ2v) is 5.14. The van der Waals surface area contributed by atoms with Crippen LogP contribution < -0.4 is 4.90 Å². The fourth-order valence-electron chi connectivity index (χ4n) is 2.79. The van der Waals surface area contributed by atoms with Crippen LogP contribution in [0.1, 0.15) is 18.4 Å². The number of amides is 2. The number of rotatable bonds is 1. The first-order valence-electron chi connectivity index (χ1n) is 6.42. The second-order valence-electron chi connectivity index (χ2n) is 5.14. The average molecular weight is 257 g/mol. The molecule has 2 unspecified atom stereocenters. The summed E-state index contributed by atoms with van der Waals surface area (Å²) in [6.45, 7) is 1.77. The molecule has 98 valence electrons. The Kier molecular flexibility index (Phi) is 2.66. The molecule has 3 rings (SSSR count). The van der Waals surface area contributed by atoms with E-state index < -0.39 is 0 Å². The highest BCUT2D eigenvalue weighted by Gasteiger charge is 2.47. The van der Waals surface area contributed by atoms with Gasteiger partial charge in [-0.2, -0.15) is 0 Å². The summed E-state index contributed by atoms with van der Waals surface area (Å²) < 4.78 is 0. The second kappa shape index (κ2) is 4.23. The van der Waals surface area contributed by atoms with Crippen molar-refractivity contribution in [1.82, 2.24) is 0 Å². The third-order valence-electron chi connectivity index (χ3n) is 3.96. The largest absolute Gasteiger partial charge is 0.508 e. The molecule has 0 radical (unpaired) electrons. The Morgan fingerprint density at radius 2 is 1.68 bits per heavy atom. The number of nitrogens with zero attached hydrogens (tertiary/aromatic N) is 1. The Morgan fingerprint density at radius 1 is 1.11 bits per heavy atom. The standard InChI is InChI=1S/C15H15NO3/c1-9-6-7-10(8-13(9)17)16-14(18)11-4-2-3-5-12(11)15(16)19/h2-3,6-8,11-12,17H,4-5H2,1H3. The predicted octanol–water partition coefficient (Wildman–Crippen LogP) is 2.16. The number of benzene rings is 1. The number of aryl methyl sites for hydroxylation is 1. The van der Waals surface area contributed by atoms with Crippen molar-refractivity contribution in [2.45, 2.75) is 19.8 Å². The van der Waals surface area contributed by atoms with E-state index in [0.717, 1.165) is 5.56 Å². The molecule has 1 fully saturated rings. The number of anilines is 1. The maximum Gasteiger partial charge on any atom is 0.238 e. The highest BCUT2D eigenvalue weighted by molar-refractivity contribution is 6.22. The molecule has 1 aliphatic carbocycles. The van der Waals surface area contributed by atoms with Crippen LogP contribution in [-0.4, -0.2) is 16.9 Å². The summed E-state index contributed by atoms with van der Waals surface area (Å²) in [7, 11) is 0. The van der Waals surface area contributed by atoms with Crippen LogP contribution in [0, 0.1) is 18.8 Å². The summed E-state index contributed by atoms with van der Waals surface area (Å²) in [5.74, 6) is -0.668. The quantitative estimate of drug-likeness (QED) is 0.619. The zero-order chi connectivity index (χ0) is 13.6. The first-order chi connectivity index (χ1) is 9.09. The SMILES string of the molecule is Cc1ccc(N2C(=O)C3CC=CCC3C2=O)cc1O. The fourth-order valence-corrected chi connectivity index (χ4v) is 2.79. The molecule has 1 saturated heterocycles. The third kappa shape index (κ3) is 1.75. The lowest BCUT2D eigenvalue weighted by Crippen LogP contribution is -2.30. The molecule has 0 aromatic heterocycles. The smallest absolute Gasteiger partial charge is 0.238 e. The molecule has 1 heterocycles. The average Bonchev–Trinajstić information content (AvgIpc) is 2.66. The van der Waals surface area contributed by atoms with Crippen LogP contribution in [0.5, 0.6) is 5.75 Å². The maximum atomic E-state index is 12.3. The number of phenolic OH excluding ortho intramolecular Hbond substituents is 1. The van der Waals surface area contributed by atoms with E-state index in [9.17, 15) is 14.7 Å². The van der Waals surface area contributed by atoms with Gasteiger partial charge in [0.25, 0.3) is 0 Å². The molecule has 1 N–H and O–H groups in total. The Labute approximate surface area is 111 Å². The van der Waals surface area contributed by atoms with Crippen LogP contribution in [0.4, 0.5) is 5.69 Å². The van der Waals surface area contributed by atoms with E-state index in [1.165, 1.54) is 11.0 Å². The first kappa shape index (κ1) is 12.0. The summed E-state index contributed by atoms with van der Waals surface area (Å²) in [5.41, 5.74) is 1.19. The molecule has 19 heavy (non-hydrogen) atoms. The van der Waals surface area contributed by atoms with Gasteiger partial charge in [0.2, 0.25) is 11.8 Å². The van der Waals surface area contributed by atoms with Gasteiger partial charge in [0.15, 0.2) is 0 Å². The molecule has 1 aromatic carbocycles. The number of fused-ring (bicyclic) bond motifs is 1. The molecule has 4 heteroatoms. The van der Waals surface area contributed by atoms with E-state index in [1.54, 1.807) is 19.1 Å². The number of allylic oxidation sites excluding steroid dienone is 2. The van der Waals surface area contributed by atoms with Crippen molar-refractivity contribution in [3.8, 4) is 5.75 Å². The van der Waals surface area contributed by atoms with E-state index in [0.29, 0.717) is 18.5 Å². The molecule has 4 nitrogen and oxygen atoms in total. The lowest BCUT2D eigenvalue weighted by atomic mass is 9.85. The minimum Gasteiger partial charge on any atom is -0.508 e. The number of hydrogen-bond donors (Lipinski definition) is 1. The van der Waals surface area contributed by atoms with Crippen molar-refractivity contribution in [2.75, 3.05) is 4.90 Å². The summed E-state index contributed by atoms with van der Waals surface area (Å²) in [5, 5.41) is 9.73. The van der Waals surface area contributed by atoms with E-state index in [2.05, 4.69) is 0 Å². The summed E-state index contributed by atoms with van der Waals surface area (Å²) in [4.78, 5) is 25.9. The van der Waals surface area contributed by atoms with Gasteiger partial charge in [-0.3, -0.25) is 9.59 Å². The molecule has 1 aromatic rings. The van der Waals surface area contributed by atoms with Crippen LogP contribution >= 0.6 is 0 Å². The number of aromatic hydroxyl groups is 1. The van der Waals surface area contributed by atoms with Crippen LogP contribution in [0.3, 0.4) is 0 Å². The molecule has 2 atom stereocenters. The Bertz CT molecular complexity index is 565. The van der Waals surface area contributed by atoms with E-state index >= 15 is 0 Å². The molecule has 0 saturated carbocycles. The lowest BCUT2D eigenvalue weighted by Gasteiger charge is -2.15. The Hall–Kier alpha value is -2.10. The van der Waals surface area contributed by atoms with Gasteiger partial charge >= 0.3 is 0 Å². The van der Waals surface area contributed by atoms with Gasteiger partial charge in [-0.1, -0.05) is 18.2 Å². The molecule has 2 aliphatic rings. The van der Waals surface area contributed by atoms with Crippen LogP contribution in [-0.2, 0) is 9.59 Å². The van der Waals surface area contributed by atoms with E-state index in [4.69, 9.17) is 0 Å². The fraction of sp³-hybridized carbons (Fsp3) is 0.333. The molecule has 0 bridgehead atoms. The van der Waals surface area contributed by atoms with Gasteiger partial charge in [0, 0.05) is 6.07 Å². The van der Waals surface area contributed by atoms with Crippen molar-refractivity contribution >= 4 is 17.5 Å². The molecular weight excluding hydrogens is 242 g/mol. The number of phenols is 1. The third-order valence-corrected chi connectivity index (χ3v) is 3.96. The van der Waals surface area contributed by atoms with Crippen molar-refractivity contribution in [3.63, 3.8) is 0 Å². The molecule has 1 aliphatic heterocycles. The number of carbonyl (C=O) groups excluding carboxylic acids is 2. The number of hydrogen-bond acceptors (Lipinski definition) is 3. The van der Waals surface area contributed by atoms with Gasteiger partial charge in [-0.25, -0.2) is 4.90 Å². The first-order valence-corrected chi connectivity index (χ1v) is 6.42. The van der Waals surface area contributed by atoms with Crippen LogP contribution in [0.2, 0.25) is 0 Å². The van der Waals surface area contributed by atoms with Crippen molar-refractivity contribution in [1.29, 1.82) is 0 Å². The van der Waals surface area contributed by atoms with Crippen LogP contribution in [0.25, 0.3) is 0 Å². The highest BCUT2D eigenvalue weighted by atomic mass is 16.3. The van der Waals surface area contributed by atoms with Gasteiger partial charge < -0.3 is 5.11 Å². The minimum atomic E-state index is -0.235. The van der Waals surface area contributed by atoms with E-state index in [-0.39, 0.29) is 29.4 Å². The van der Waals surface area contributed by atoms with Crippen molar-refractivity contribution in [2.24, 2.45) is 11.8 Å². The maximum absolute atomic E-state index is 12.3. The Morgan fingerprint density at radius 3 is 2.21 bits per heavy atom. The van der Waals surface area contributed by atoms with Gasteiger partial charge in [-0.05, 0) is 31.4 Å². The monoisotopic (exact) mass is 257 g/mol. The minimum absolute atomic E-state index is 0.103. The summed E-state index contributed by atoms with van der Waals surface area (Å²) in [6, 6.07) is 4.90. The molecule has 0 spiro atoms.